The van der Waals surface area contributed by atoms with Crippen molar-refractivity contribution in [1.82, 2.24) is 9.97 Å². The molecule has 1 heterocycles. The molecule has 0 unspecified atom stereocenters. The second-order valence-corrected chi connectivity index (χ2v) is 3.47. The van der Waals surface area contributed by atoms with Crippen molar-refractivity contribution >= 4 is 28.7 Å². The predicted molar refractivity (Wildman–Crippen MR) is 57.4 cm³/mol. The van der Waals surface area contributed by atoms with E-state index < -0.39 is 18.5 Å². The third-order valence-electron chi connectivity index (χ3n) is 2.27. The Balaban J connectivity index is 2.43. The van der Waals surface area contributed by atoms with Gasteiger partial charge in [-0.2, -0.15) is 0 Å². The number of benzene rings is 1. The molecule has 0 aliphatic heterocycles. The smallest absolute Gasteiger partial charge is 0.137 e. The molecular weight excluding hydrogens is 238 g/mol. The lowest BCUT2D eigenvalue weighted by Gasteiger charge is -2.09. The van der Waals surface area contributed by atoms with Gasteiger partial charge < -0.3 is 25.1 Å². The summed E-state index contributed by atoms with van der Waals surface area (Å²) in [5, 5.41) is 24.1. The van der Waals surface area contributed by atoms with E-state index in [1.807, 2.05) is 0 Å². The Morgan fingerprint density at radius 2 is 2.00 bits per heavy atom. The zero-order valence-corrected chi connectivity index (χ0v) is 9.04. The summed E-state index contributed by atoms with van der Waals surface area (Å²) in [6, 6.07) is 4.15. The van der Waals surface area contributed by atoms with Gasteiger partial charge in [-0.3, -0.25) is 0 Å². The van der Waals surface area contributed by atoms with Gasteiger partial charge in [-0.25, -0.2) is 9.97 Å². The van der Waals surface area contributed by atoms with Crippen molar-refractivity contribution in [1.29, 1.82) is 0 Å². The second kappa shape index (κ2) is 4.66. The first kappa shape index (κ1) is 11.8. The van der Waals surface area contributed by atoms with E-state index in [4.69, 9.17) is 0 Å². The second-order valence-electron chi connectivity index (χ2n) is 3.47. The average molecular weight is 245 g/mol. The SMILES string of the molecule is O=C([O-])CNc1ncnc2cc(C(=O)[O-])ccc12. The normalized spacial score (nSPS) is 10.2. The lowest BCUT2D eigenvalue weighted by atomic mass is 10.1. The zero-order valence-electron chi connectivity index (χ0n) is 9.04. The van der Waals surface area contributed by atoms with Gasteiger partial charge in [0.2, 0.25) is 0 Å². The lowest BCUT2D eigenvalue weighted by molar-refractivity contribution is -0.302. The summed E-state index contributed by atoms with van der Waals surface area (Å²) < 4.78 is 0. The molecule has 0 aliphatic carbocycles. The molecule has 92 valence electrons. The van der Waals surface area contributed by atoms with E-state index in [0.717, 1.165) is 0 Å². The highest BCUT2D eigenvalue weighted by Gasteiger charge is 2.04. The number of nitrogens with one attached hydrogen (secondary N) is 1. The Labute approximate surface area is 101 Å². The highest BCUT2D eigenvalue weighted by molar-refractivity contribution is 5.95. The molecule has 0 spiro atoms. The number of aromatic nitrogens is 2. The molecule has 0 fully saturated rings. The van der Waals surface area contributed by atoms with Gasteiger partial charge in [0, 0.05) is 5.39 Å². The number of rotatable bonds is 4. The summed E-state index contributed by atoms with van der Waals surface area (Å²) in [6.07, 6.45) is 1.21. The number of fused-ring (bicyclic) bond motifs is 1. The van der Waals surface area contributed by atoms with Crippen LogP contribution in [0.1, 0.15) is 10.4 Å². The standard InChI is InChI=1S/C11H9N3O4/c15-9(16)4-12-10-7-2-1-6(11(17)18)3-8(7)13-5-14-10/h1-3,5H,4H2,(H,15,16)(H,17,18)(H,12,13,14)/p-2. The van der Waals surface area contributed by atoms with Crippen LogP contribution in [0.25, 0.3) is 10.9 Å². The number of hydrogen-bond acceptors (Lipinski definition) is 7. The Hall–Kier alpha value is -2.70. The molecule has 1 aromatic carbocycles. The number of aliphatic carboxylic acids is 1. The van der Waals surface area contributed by atoms with Crippen molar-refractivity contribution in [3.63, 3.8) is 0 Å². The largest absolute Gasteiger partial charge is 0.548 e. The topological polar surface area (TPSA) is 118 Å². The van der Waals surface area contributed by atoms with E-state index >= 15 is 0 Å². The van der Waals surface area contributed by atoms with Crippen LogP contribution in [-0.2, 0) is 4.79 Å². The molecular formula is C11H7N3O4-2. The molecule has 2 rings (SSSR count). The van der Waals surface area contributed by atoms with Gasteiger partial charge in [-0.05, 0) is 17.7 Å². The number of hydrogen-bond donors (Lipinski definition) is 1. The highest BCUT2D eigenvalue weighted by Crippen LogP contribution is 2.19. The summed E-state index contributed by atoms with van der Waals surface area (Å²) in [5.41, 5.74) is 0.375. The van der Waals surface area contributed by atoms with Gasteiger partial charge in [0.15, 0.2) is 0 Å². The number of nitrogens with zero attached hydrogens (tertiary/aromatic N) is 2. The minimum atomic E-state index is -1.31. The summed E-state index contributed by atoms with van der Waals surface area (Å²) in [7, 11) is 0. The van der Waals surface area contributed by atoms with Crippen molar-refractivity contribution in [2.24, 2.45) is 0 Å². The molecule has 0 amide bonds. The summed E-state index contributed by atoms with van der Waals surface area (Å²) in [6.45, 7) is -0.394. The van der Waals surface area contributed by atoms with Crippen LogP contribution >= 0.6 is 0 Å². The van der Waals surface area contributed by atoms with Crippen LogP contribution in [0.5, 0.6) is 0 Å². The highest BCUT2D eigenvalue weighted by atomic mass is 16.4. The first-order chi connectivity index (χ1) is 8.58. The lowest BCUT2D eigenvalue weighted by Crippen LogP contribution is -2.30. The van der Waals surface area contributed by atoms with Gasteiger partial charge in [0.25, 0.3) is 0 Å². The summed E-state index contributed by atoms with van der Waals surface area (Å²) in [5.74, 6) is -2.28. The van der Waals surface area contributed by atoms with Crippen LogP contribution in [0.3, 0.4) is 0 Å². The van der Waals surface area contributed by atoms with Crippen molar-refractivity contribution in [2.75, 3.05) is 11.9 Å². The third-order valence-corrected chi connectivity index (χ3v) is 2.27. The summed E-state index contributed by atoms with van der Waals surface area (Å²) >= 11 is 0. The molecule has 7 heteroatoms. The van der Waals surface area contributed by atoms with Gasteiger partial charge in [-0.1, -0.05) is 6.07 Å². The number of aromatic carboxylic acids is 1. The fraction of sp³-hybridized carbons (Fsp3) is 0.0909. The molecule has 7 nitrogen and oxygen atoms in total. The Morgan fingerprint density at radius 1 is 1.22 bits per heavy atom. The molecule has 1 N–H and O–H groups in total. The van der Waals surface area contributed by atoms with E-state index in [2.05, 4.69) is 15.3 Å². The maximum atomic E-state index is 10.7. The predicted octanol–water partition coefficient (Wildman–Crippen LogP) is -1.84. The fourth-order valence-corrected chi connectivity index (χ4v) is 1.48. The number of carbonyl (C=O) groups excluding carboxylic acids is 2. The molecule has 0 atom stereocenters. The average Bonchev–Trinajstić information content (AvgIpc) is 2.35. The Bertz CT molecular complexity index is 627. The zero-order chi connectivity index (χ0) is 13.1. The van der Waals surface area contributed by atoms with E-state index in [0.29, 0.717) is 16.7 Å². The van der Waals surface area contributed by atoms with Gasteiger partial charge >= 0.3 is 0 Å². The van der Waals surface area contributed by atoms with E-state index in [1.54, 1.807) is 0 Å². The quantitative estimate of drug-likeness (QED) is 0.671. The monoisotopic (exact) mass is 245 g/mol. The molecule has 1 aromatic heterocycles. The number of carbonyl (C=O) groups is 2. The minimum Gasteiger partial charge on any atom is -0.548 e. The maximum absolute atomic E-state index is 10.7. The summed E-state index contributed by atoms with van der Waals surface area (Å²) in [4.78, 5) is 28.8. The number of anilines is 1. The molecule has 0 saturated heterocycles. The van der Waals surface area contributed by atoms with Crippen LogP contribution in [0, 0.1) is 0 Å². The van der Waals surface area contributed by atoms with Crippen LogP contribution in [0.4, 0.5) is 5.82 Å². The van der Waals surface area contributed by atoms with Gasteiger partial charge in [-0.15, -0.1) is 0 Å². The first-order valence-electron chi connectivity index (χ1n) is 4.98. The van der Waals surface area contributed by atoms with Crippen LogP contribution in [0.15, 0.2) is 24.5 Å². The van der Waals surface area contributed by atoms with E-state index in [-0.39, 0.29) is 5.56 Å². The van der Waals surface area contributed by atoms with E-state index in [9.17, 15) is 19.8 Å². The Kier molecular flexibility index (Phi) is 3.05. The first-order valence-corrected chi connectivity index (χ1v) is 4.98. The van der Waals surface area contributed by atoms with E-state index in [1.165, 1.54) is 24.5 Å². The third kappa shape index (κ3) is 2.34. The van der Waals surface area contributed by atoms with Crippen molar-refractivity contribution < 1.29 is 19.8 Å². The molecule has 0 radical (unpaired) electrons. The van der Waals surface area contributed by atoms with Crippen LogP contribution in [0.2, 0.25) is 0 Å². The number of carboxylic acids is 2. The fourth-order valence-electron chi connectivity index (χ4n) is 1.48. The maximum Gasteiger partial charge on any atom is 0.137 e. The molecule has 18 heavy (non-hydrogen) atoms. The van der Waals surface area contributed by atoms with Crippen LogP contribution < -0.4 is 15.5 Å². The minimum absolute atomic E-state index is 0.00736. The van der Waals surface area contributed by atoms with Gasteiger partial charge in [0.05, 0.1) is 24.0 Å². The molecule has 0 bridgehead atoms. The molecule has 0 saturated carbocycles. The van der Waals surface area contributed by atoms with Crippen molar-refractivity contribution in [2.45, 2.75) is 0 Å². The molecule has 0 aliphatic rings. The number of carboxylic acid groups (broad SMARTS) is 2. The van der Waals surface area contributed by atoms with Crippen LogP contribution in [-0.4, -0.2) is 28.5 Å². The van der Waals surface area contributed by atoms with Crippen molar-refractivity contribution in [3.8, 4) is 0 Å². The Morgan fingerprint density at radius 3 is 2.67 bits per heavy atom. The van der Waals surface area contributed by atoms with Gasteiger partial charge in [0.1, 0.15) is 12.1 Å². The molecule has 2 aromatic rings. The van der Waals surface area contributed by atoms with Crippen molar-refractivity contribution in [3.05, 3.63) is 30.1 Å².